The molecule has 0 atom stereocenters. The van der Waals surface area contributed by atoms with Gasteiger partial charge in [-0.3, -0.25) is 0 Å². The normalized spacial score (nSPS) is 2.79. The first-order valence-electron chi connectivity index (χ1n) is 10.6. The van der Waals surface area contributed by atoms with E-state index in [1.165, 1.54) is 19.3 Å². The average Bonchev–Trinajstić information content (AvgIpc) is 2.68. The van der Waals surface area contributed by atoms with Crippen LogP contribution in [0.2, 0.25) is 0 Å². The maximum absolute atomic E-state index is 4.00. The van der Waals surface area contributed by atoms with Gasteiger partial charge in [0, 0.05) is 0 Å². The summed E-state index contributed by atoms with van der Waals surface area (Å²) in [6, 6.07) is 0. The molecule has 0 N–H and O–H groups in total. The van der Waals surface area contributed by atoms with Gasteiger partial charge in [-0.05, 0) is 0 Å². The van der Waals surface area contributed by atoms with E-state index in [1.807, 2.05) is 83.1 Å². The Hall–Kier alpha value is 0.248. The summed E-state index contributed by atoms with van der Waals surface area (Å²) >= 11 is 0. The molecular formula is C32H94Pt. The average molecular weight is 674 g/mol. The van der Waals surface area contributed by atoms with Crippen LogP contribution in [0.1, 0.15) is 181 Å². The van der Waals surface area contributed by atoms with Gasteiger partial charge in [-0.15, -0.1) is 12.8 Å². The summed E-state index contributed by atoms with van der Waals surface area (Å²) in [5.41, 5.74) is 0. The van der Waals surface area contributed by atoms with Crippen molar-refractivity contribution in [3.63, 3.8) is 0 Å². The summed E-state index contributed by atoms with van der Waals surface area (Å²) in [5.74, 6) is 0. The molecule has 0 nitrogen and oxygen atoms in total. The molecule has 232 valence electrons. The van der Waals surface area contributed by atoms with Gasteiger partial charge in [0.05, 0.1) is 0 Å². The first-order chi connectivity index (χ1) is 11.2. The molecule has 0 saturated carbocycles. The topological polar surface area (TPSA) is 0 Å². The van der Waals surface area contributed by atoms with E-state index >= 15 is 0 Å². The van der Waals surface area contributed by atoms with E-state index in [0.717, 1.165) is 0 Å². The molecule has 0 aromatic rings. The van der Waals surface area contributed by atoms with E-state index in [-0.39, 0.29) is 87.9 Å². The first-order valence-corrected chi connectivity index (χ1v) is 10.6. The minimum absolute atomic E-state index is 0. The molecule has 33 heavy (non-hydrogen) atoms. The third kappa shape index (κ3) is 479000. The van der Waals surface area contributed by atoms with Gasteiger partial charge >= 0.3 is 21.1 Å². The molecule has 0 unspecified atom stereocenters. The van der Waals surface area contributed by atoms with E-state index in [4.69, 9.17) is 0 Å². The van der Waals surface area contributed by atoms with Gasteiger partial charge in [-0.1, -0.05) is 181 Å². The Kier molecular flexibility index (Phi) is 17800. The standard InChI is InChI=1S/3C3H8.6C2H6.C2H2.5CH4.4CH3.Pt/c3*1-3-2;7*1-2;;;;;;;;;;/h3*3H2,1-2H3;6*1-2H3;1-2H;5*1H4;4*1H3;/q;;;;;;;;;;;;;;;4*-1;+4. The van der Waals surface area contributed by atoms with Crippen LogP contribution in [0.5, 0.6) is 0 Å². The van der Waals surface area contributed by atoms with E-state index in [0.29, 0.717) is 0 Å². The van der Waals surface area contributed by atoms with Crippen molar-refractivity contribution >= 4 is 0 Å². The van der Waals surface area contributed by atoms with Crippen LogP contribution < -0.4 is 0 Å². The van der Waals surface area contributed by atoms with Gasteiger partial charge in [-0.25, -0.2) is 0 Å². The second-order valence-corrected chi connectivity index (χ2v) is 2.12. The zero-order valence-corrected chi connectivity index (χ0v) is 27.9. The molecule has 0 fully saturated rings. The molecule has 0 radical (unpaired) electrons. The third-order valence-electron chi connectivity index (χ3n) is 0. The van der Waals surface area contributed by atoms with E-state index < -0.39 is 0 Å². The molecule has 0 rings (SSSR count). The van der Waals surface area contributed by atoms with E-state index in [2.05, 4.69) is 54.4 Å². The van der Waals surface area contributed by atoms with Crippen LogP contribution in [-0.4, -0.2) is 0 Å². The quantitative estimate of drug-likeness (QED) is 0.177. The Labute approximate surface area is 244 Å². The molecule has 0 bridgehead atoms. The molecule has 0 aromatic heterocycles. The molecule has 1 heteroatoms. The number of hydrogen-bond donors (Lipinski definition) is 0. The minimum atomic E-state index is 0. The minimum Gasteiger partial charge on any atom is -0.358 e. The fourth-order valence-electron chi connectivity index (χ4n) is 0. The van der Waals surface area contributed by atoms with Crippen molar-refractivity contribution in [2.75, 3.05) is 0 Å². The smallest absolute Gasteiger partial charge is 0.358 e. The maximum atomic E-state index is 4.00. The third-order valence-corrected chi connectivity index (χ3v) is 0. The number of terminal acetylenes is 1. The van der Waals surface area contributed by atoms with Crippen molar-refractivity contribution in [2.24, 2.45) is 0 Å². The van der Waals surface area contributed by atoms with E-state index in [1.54, 1.807) is 0 Å². The van der Waals surface area contributed by atoms with Crippen molar-refractivity contribution in [1.82, 2.24) is 0 Å². The molecule has 0 spiro atoms. The Morgan fingerprint density at radius 3 is 0.303 bits per heavy atom. The molecular weight excluding hydrogens is 579 g/mol. The van der Waals surface area contributed by atoms with Crippen molar-refractivity contribution in [2.45, 2.75) is 181 Å². The second kappa shape index (κ2) is 2980. The maximum Gasteiger partial charge on any atom is 4.00 e. The Bertz CT molecular complexity index is 28.0. The second-order valence-electron chi connectivity index (χ2n) is 2.12. The summed E-state index contributed by atoms with van der Waals surface area (Å²) in [4.78, 5) is 0. The number of hydrogen-bond acceptors (Lipinski definition) is 0. The molecule has 0 amide bonds. The summed E-state index contributed by atoms with van der Waals surface area (Å²) in [6.45, 7) is 36.8. The summed E-state index contributed by atoms with van der Waals surface area (Å²) in [5, 5.41) is 0. The van der Waals surface area contributed by atoms with Crippen LogP contribution >= 0.6 is 0 Å². The molecule has 0 aliphatic carbocycles. The zero-order valence-electron chi connectivity index (χ0n) is 25.6. The van der Waals surface area contributed by atoms with Crippen molar-refractivity contribution < 1.29 is 21.1 Å². The van der Waals surface area contributed by atoms with E-state index in [9.17, 15) is 0 Å². The predicted molar refractivity (Wildman–Crippen MR) is 185 cm³/mol. The number of rotatable bonds is 0. The largest absolute Gasteiger partial charge is 4.00 e. The summed E-state index contributed by atoms with van der Waals surface area (Å²) in [7, 11) is 0. The van der Waals surface area contributed by atoms with Gasteiger partial charge in [0.25, 0.3) is 0 Å². The van der Waals surface area contributed by atoms with Gasteiger partial charge in [0.2, 0.25) is 0 Å². The Balaban J connectivity index is -0.00000000308. The fraction of sp³-hybridized carbons (Fsp3) is 0.812. The first kappa shape index (κ1) is 197. The van der Waals surface area contributed by atoms with Crippen LogP contribution in [0.4, 0.5) is 0 Å². The summed E-state index contributed by atoms with van der Waals surface area (Å²) in [6.07, 6.45) is 11.8. The van der Waals surface area contributed by atoms with Crippen LogP contribution in [0.25, 0.3) is 0 Å². The molecule has 0 aromatic carbocycles. The molecule has 0 saturated heterocycles. The molecule has 0 heterocycles. The van der Waals surface area contributed by atoms with Crippen LogP contribution in [0, 0.1) is 42.6 Å². The molecule has 0 aliphatic heterocycles. The van der Waals surface area contributed by atoms with Gasteiger partial charge in [-0.2, -0.15) is 0 Å². The Morgan fingerprint density at radius 2 is 0.303 bits per heavy atom. The van der Waals surface area contributed by atoms with Crippen LogP contribution in [0.15, 0.2) is 0 Å². The zero-order chi connectivity index (χ0) is 22.1. The van der Waals surface area contributed by atoms with Crippen LogP contribution in [-0.2, 0) is 21.1 Å². The van der Waals surface area contributed by atoms with Crippen molar-refractivity contribution in [3.05, 3.63) is 29.7 Å². The van der Waals surface area contributed by atoms with Crippen molar-refractivity contribution in [1.29, 1.82) is 0 Å². The van der Waals surface area contributed by atoms with Gasteiger partial charge < -0.3 is 29.7 Å². The fourth-order valence-corrected chi connectivity index (χ4v) is 0. The Morgan fingerprint density at radius 1 is 0.303 bits per heavy atom. The van der Waals surface area contributed by atoms with Crippen molar-refractivity contribution in [3.8, 4) is 12.8 Å². The van der Waals surface area contributed by atoms with Crippen LogP contribution in [0.3, 0.4) is 0 Å². The van der Waals surface area contributed by atoms with Gasteiger partial charge in [0.15, 0.2) is 0 Å². The summed E-state index contributed by atoms with van der Waals surface area (Å²) < 4.78 is 0. The predicted octanol–water partition coefficient (Wildman–Crippen LogP) is 15.6. The monoisotopic (exact) mass is 674 g/mol. The SMILES string of the molecule is C.C.C.C.C.C#C.CC.CC.CC.CC.CC.CC.CCC.CCC.CCC.[CH3-].[CH3-].[CH3-].[CH3-].[Pt+4]. The van der Waals surface area contributed by atoms with Gasteiger partial charge in [0.1, 0.15) is 0 Å². The molecule has 0 aliphatic rings.